The van der Waals surface area contributed by atoms with Crippen LogP contribution in [0.5, 0.6) is 5.75 Å². The highest BCUT2D eigenvalue weighted by atomic mass is 16.6. The fourth-order valence-corrected chi connectivity index (χ4v) is 8.80. The Morgan fingerprint density at radius 1 is 0.980 bits per heavy atom. The van der Waals surface area contributed by atoms with Gasteiger partial charge in [0.25, 0.3) is 0 Å². The zero-order valence-corrected chi connectivity index (χ0v) is 30.4. The summed E-state index contributed by atoms with van der Waals surface area (Å²) in [5.74, 6) is 1.60. The second-order valence-corrected chi connectivity index (χ2v) is 16.6. The third kappa shape index (κ3) is 6.75. The first kappa shape index (κ1) is 34.5. The van der Waals surface area contributed by atoms with Crippen molar-refractivity contribution >= 4 is 17.8 Å². The van der Waals surface area contributed by atoms with Gasteiger partial charge in [-0.25, -0.2) is 9.78 Å². The molecule has 2 amide bonds. The number of aliphatic hydroxyl groups excluding tert-OH is 1. The van der Waals surface area contributed by atoms with Gasteiger partial charge in [0.2, 0.25) is 5.91 Å². The number of aromatic nitrogens is 3. The van der Waals surface area contributed by atoms with Crippen molar-refractivity contribution in [1.82, 2.24) is 19.7 Å². The maximum Gasteiger partial charge on any atom is 0.410 e. The molecule has 10 heteroatoms. The van der Waals surface area contributed by atoms with Crippen molar-refractivity contribution in [1.29, 1.82) is 0 Å². The summed E-state index contributed by atoms with van der Waals surface area (Å²) in [6, 6.07) is 10.8. The number of methoxy groups -OCH3 is 1. The predicted octanol–water partition coefficient (Wildman–Crippen LogP) is 7.01. The third-order valence-electron chi connectivity index (χ3n) is 12.2. The molecule has 1 saturated heterocycles. The zero-order chi connectivity index (χ0) is 35.3. The second-order valence-electron chi connectivity index (χ2n) is 16.6. The number of pyridine rings is 1. The first-order valence-electron chi connectivity index (χ1n) is 18.5. The van der Waals surface area contributed by atoms with E-state index in [-0.39, 0.29) is 40.4 Å². The fourth-order valence-electron chi connectivity index (χ4n) is 8.80. The molecule has 3 heterocycles. The molecule has 0 radical (unpaired) electrons. The Kier molecular flexibility index (Phi) is 9.20. The van der Waals surface area contributed by atoms with Crippen LogP contribution >= 0.6 is 0 Å². The highest BCUT2D eigenvalue weighted by Crippen LogP contribution is 2.58. The van der Waals surface area contributed by atoms with Crippen molar-refractivity contribution in [3.05, 3.63) is 60.0 Å². The molecule has 10 nitrogen and oxygen atoms in total. The van der Waals surface area contributed by atoms with Gasteiger partial charge in [0.15, 0.2) is 0 Å². The summed E-state index contributed by atoms with van der Waals surface area (Å²) in [6.07, 6.45) is 14.0. The second kappa shape index (κ2) is 13.3. The largest absolute Gasteiger partial charge is 0.496 e. The van der Waals surface area contributed by atoms with Crippen LogP contribution in [0, 0.1) is 18.3 Å². The van der Waals surface area contributed by atoms with Crippen molar-refractivity contribution in [3.63, 3.8) is 0 Å². The van der Waals surface area contributed by atoms with Crippen molar-refractivity contribution < 1.29 is 24.2 Å². The molecule has 0 spiro atoms. The fraction of sp³-hybridized carbons (Fsp3) is 0.600. The highest BCUT2D eigenvalue weighted by molar-refractivity contribution is 5.95. The Bertz CT molecular complexity index is 1690. The van der Waals surface area contributed by atoms with Gasteiger partial charge in [-0.2, -0.15) is 5.10 Å². The van der Waals surface area contributed by atoms with Gasteiger partial charge in [-0.3, -0.25) is 14.4 Å². The number of hydrogen-bond donors (Lipinski definition) is 1. The molecular formula is C40H53N5O5. The molecule has 268 valence electrons. The third-order valence-corrected chi connectivity index (χ3v) is 12.2. The maximum absolute atomic E-state index is 14.7. The summed E-state index contributed by atoms with van der Waals surface area (Å²) >= 11 is 0. The summed E-state index contributed by atoms with van der Waals surface area (Å²) < 4.78 is 13.3. The van der Waals surface area contributed by atoms with Gasteiger partial charge in [0.05, 0.1) is 38.0 Å². The van der Waals surface area contributed by atoms with Gasteiger partial charge in [0.1, 0.15) is 17.7 Å². The molecule has 0 unspecified atom stereocenters. The Morgan fingerprint density at radius 2 is 1.68 bits per heavy atom. The Labute approximate surface area is 296 Å². The van der Waals surface area contributed by atoms with Crippen molar-refractivity contribution in [3.8, 4) is 16.9 Å². The Hall–Kier alpha value is -3.92. The van der Waals surface area contributed by atoms with Crippen LogP contribution in [0.4, 0.5) is 10.6 Å². The molecule has 4 aliphatic carbocycles. The molecular weight excluding hydrogens is 630 g/mol. The number of aliphatic hydroxyl groups is 1. The van der Waals surface area contributed by atoms with E-state index in [0.717, 1.165) is 55.4 Å². The van der Waals surface area contributed by atoms with E-state index in [1.807, 2.05) is 28.0 Å². The molecule has 50 heavy (non-hydrogen) atoms. The number of aryl methyl sites for hydroxylation is 1. The number of hydrogen-bond acceptors (Lipinski definition) is 7. The monoisotopic (exact) mass is 683 g/mol. The minimum atomic E-state index is -0.459. The smallest absolute Gasteiger partial charge is 0.410 e. The van der Waals surface area contributed by atoms with Gasteiger partial charge < -0.3 is 19.5 Å². The lowest BCUT2D eigenvalue weighted by Gasteiger charge is -2.55. The normalized spacial score (nSPS) is 26.7. The molecule has 5 aliphatic rings. The molecule has 1 aliphatic heterocycles. The topological polar surface area (TPSA) is 110 Å². The number of carbonyl (C=O) groups is 2. The minimum absolute atomic E-state index is 0.0439. The average Bonchev–Trinajstić information content (AvgIpc) is 3.62. The van der Waals surface area contributed by atoms with E-state index in [2.05, 4.69) is 63.3 Å². The Balaban J connectivity index is 1.10. The summed E-state index contributed by atoms with van der Waals surface area (Å²) in [5, 5.41) is 14.2. The number of ether oxygens (including phenoxy) is 2. The number of β-amino-alcohol motifs (C(OH)–C–C–N with tert-alkyl or cyclic N) is 1. The molecule has 0 atom stereocenters. The molecule has 1 aromatic carbocycles. The van der Waals surface area contributed by atoms with E-state index >= 15 is 0 Å². The lowest BCUT2D eigenvalue weighted by atomic mass is 9.51. The predicted molar refractivity (Wildman–Crippen MR) is 192 cm³/mol. The van der Waals surface area contributed by atoms with Crippen molar-refractivity contribution in [2.75, 3.05) is 31.6 Å². The molecule has 1 N–H and O–H groups in total. The first-order chi connectivity index (χ1) is 23.9. The van der Waals surface area contributed by atoms with Crippen molar-refractivity contribution in [2.24, 2.45) is 11.3 Å². The quantitative estimate of drug-likeness (QED) is 0.272. The van der Waals surface area contributed by atoms with E-state index in [9.17, 15) is 14.7 Å². The van der Waals surface area contributed by atoms with Crippen LogP contribution in [0.2, 0.25) is 0 Å². The number of amides is 2. The van der Waals surface area contributed by atoms with E-state index in [4.69, 9.17) is 14.5 Å². The number of anilines is 1. The zero-order valence-electron chi connectivity index (χ0n) is 30.4. The molecule has 8 rings (SSSR count). The summed E-state index contributed by atoms with van der Waals surface area (Å²) in [7, 11) is 1.73. The number of rotatable bonds is 8. The van der Waals surface area contributed by atoms with Crippen LogP contribution in [0.3, 0.4) is 0 Å². The van der Waals surface area contributed by atoms with Crippen LogP contribution in [-0.2, 0) is 20.5 Å². The van der Waals surface area contributed by atoms with Crippen LogP contribution in [0.25, 0.3) is 11.1 Å². The van der Waals surface area contributed by atoms with E-state index < -0.39 is 6.10 Å². The number of nitrogens with zero attached hydrogens (tertiary/aromatic N) is 5. The summed E-state index contributed by atoms with van der Waals surface area (Å²) in [5.41, 5.74) is 4.69. The van der Waals surface area contributed by atoms with Crippen LogP contribution in [0.1, 0.15) is 96.1 Å². The van der Waals surface area contributed by atoms with Crippen LogP contribution in [0.15, 0.2) is 48.9 Å². The molecule has 2 bridgehead atoms. The Morgan fingerprint density at radius 3 is 2.28 bits per heavy atom. The molecule has 2 aromatic heterocycles. The lowest BCUT2D eigenvalue weighted by molar-refractivity contribution is -0.124. The van der Waals surface area contributed by atoms with E-state index in [1.54, 1.807) is 7.11 Å². The standard InChI is InChI=1S/C40H53N5O5/c1-27-20-31(8-11-34(27)49-5)40-16-13-39(14-17-40,15-18-40)26-44(35-21-29(12-19-41-35)30-22-42-45(23-30)38(2,3)4)36(47)28-6-9-33(10-7-28)50-37(48)43-24-32(46)25-43/h8,11-12,19-23,28,32-33,46H,6-7,9-10,13-18,24-26H2,1-5H3. The number of benzene rings is 1. The first-order valence-corrected chi connectivity index (χ1v) is 18.5. The average molecular weight is 684 g/mol. The maximum atomic E-state index is 14.7. The van der Waals surface area contributed by atoms with Crippen LogP contribution in [-0.4, -0.2) is 75.7 Å². The molecule has 3 aromatic rings. The van der Waals surface area contributed by atoms with E-state index in [0.29, 0.717) is 51.1 Å². The number of likely N-dealkylation sites (tertiary alicyclic amines) is 1. The number of fused-ring (bicyclic) bond motifs is 3. The number of carbonyl (C=O) groups excluding carboxylic acids is 2. The SMILES string of the molecule is COc1ccc(C23CCC(CN(C(=O)C4CCC(OC(=O)N5CC(O)C5)CC4)c4cc(-c5cnn(C(C)(C)C)c5)ccn4)(CC2)CC3)cc1C. The van der Waals surface area contributed by atoms with E-state index in [1.165, 1.54) is 16.0 Å². The van der Waals surface area contributed by atoms with Gasteiger partial charge in [-0.05, 0) is 138 Å². The molecule has 5 fully saturated rings. The van der Waals surface area contributed by atoms with Gasteiger partial charge in [-0.15, -0.1) is 0 Å². The summed E-state index contributed by atoms with van der Waals surface area (Å²) in [6.45, 7) is 9.83. The lowest BCUT2D eigenvalue weighted by Crippen LogP contribution is -2.54. The summed E-state index contributed by atoms with van der Waals surface area (Å²) in [4.78, 5) is 35.5. The minimum Gasteiger partial charge on any atom is -0.496 e. The van der Waals surface area contributed by atoms with Crippen molar-refractivity contribution in [2.45, 2.75) is 115 Å². The van der Waals surface area contributed by atoms with Gasteiger partial charge >= 0.3 is 6.09 Å². The molecule has 4 saturated carbocycles. The van der Waals surface area contributed by atoms with Gasteiger partial charge in [0, 0.05) is 30.4 Å². The highest BCUT2D eigenvalue weighted by Gasteiger charge is 2.51. The van der Waals surface area contributed by atoms with Crippen LogP contribution < -0.4 is 9.64 Å². The van der Waals surface area contributed by atoms with Gasteiger partial charge in [-0.1, -0.05) is 12.1 Å².